The van der Waals surface area contributed by atoms with E-state index in [-0.39, 0.29) is 5.84 Å². The van der Waals surface area contributed by atoms with E-state index in [0.29, 0.717) is 0 Å². The lowest BCUT2D eigenvalue weighted by Crippen LogP contribution is -2.29. The van der Waals surface area contributed by atoms with Crippen molar-refractivity contribution in [3.05, 3.63) is 23.8 Å². The lowest BCUT2D eigenvalue weighted by molar-refractivity contribution is 0.362. The highest BCUT2D eigenvalue weighted by Crippen LogP contribution is 2.32. The summed E-state index contributed by atoms with van der Waals surface area (Å²) in [5.41, 5.74) is 7.87. The second-order valence-electron chi connectivity index (χ2n) is 5.88. The van der Waals surface area contributed by atoms with Gasteiger partial charge in [0.05, 0.1) is 5.56 Å². The molecular weight excluding hydrogens is 278 g/mol. The number of rotatable bonds is 6. The Labute approximate surface area is 132 Å². The highest BCUT2D eigenvalue weighted by atomic mass is 32.2. The van der Waals surface area contributed by atoms with E-state index in [2.05, 4.69) is 37.1 Å². The van der Waals surface area contributed by atoms with Crippen molar-refractivity contribution in [1.82, 2.24) is 0 Å². The SMILES string of the molecule is CCSc1cccc(N(C)CC2CCCCC2)c1C(=N)N. The van der Waals surface area contributed by atoms with Crippen LogP contribution in [0.3, 0.4) is 0 Å². The molecule has 0 spiro atoms. The summed E-state index contributed by atoms with van der Waals surface area (Å²) in [5, 5.41) is 7.95. The molecule has 21 heavy (non-hydrogen) atoms. The van der Waals surface area contributed by atoms with E-state index < -0.39 is 0 Å². The van der Waals surface area contributed by atoms with Crippen LogP contribution in [0.4, 0.5) is 5.69 Å². The molecule has 1 saturated carbocycles. The highest BCUT2D eigenvalue weighted by Gasteiger charge is 2.19. The number of amidine groups is 1. The number of hydrogen-bond donors (Lipinski definition) is 2. The molecule has 1 aliphatic rings. The van der Waals surface area contributed by atoms with Gasteiger partial charge >= 0.3 is 0 Å². The van der Waals surface area contributed by atoms with Crippen LogP contribution in [0.15, 0.2) is 23.1 Å². The highest BCUT2D eigenvalue weighted by molar-refractivity contribution is 7.99. The van der Waals surface area contributed by atoms with Gasteiger partial charge in [-0.3, -0.25) is 5.41 Å². The van der Waals surface area contributed by atoms with Gasteiger partial charge in [-0.2, -0.15) is 0 Å². The molecule has 0 aromatic heterocycles. The Hall–Kier alpha value is -1.16. The predicted octanol–water partition coefficient (Wildman–Crippen LogP) is 4.10. The minimum Gasteiger partial charge on any atom is -0.384 e. The van der Waals surface area contributed by atoms with Crippen molar-refractivity contribution in [2.24, 2.45) is 11.7 Å². The Bertz CT molecular complexity index is 481. The summed E-state index contributed by atoms with van der Waals surface area (Å²) in [7, 11) is 2.14. The molecule has 4 heteroatoms. The van der Waals surface area contributed by atoms with Gasteiger partial charge in [-0.25, -0.2) is 0 Å². The first-order valence-corrected chi connectivity index (χ1v) is 8.93. The van der Waals surface area contributed by atoms with Crippen LogP contribution in [0.1, 0.15) is 44.6 Å². The van der Waals surface area contributed by atoms with Crippen LogP contribution in [-0.2, 0) is 0 Å². The molecule has 2 rings (SSSR count). The maximum absolute atomic E-state index is 7.95. The fourth-order valence-electron chi connectivity index (χ4n) is 3.24. The van der Waals surface area contributed by atoms with Crippen molar-refractivity contribution in [3.8, 4) is 0 Å². The summed E-state index contributed by atoms with van der Waals surface area (Å²) < 4.78 is 0. The van der Waals surface area contributed by atoms with Gasteiger partial charge in [-0.15, -0.1) is 11.8 Å². The number of hydrogen-bond acceptors (Lipinski definition) is 3. The van der Waals surface area contributed by atoms with Gasteiger partial charge in [0.2, 0.25) is 0 Å². The summed E-state index contributed by atoms with van der Waals surface area (Å²) >= 11 is 1.76. The first-order chi connectivity index (χ1) is 10.1. The Morgan fingerprint density at radius 1 is 1.33 bits per heavy atom. The Kier molecular flexibility index (Phi) is 5.97. The molecule has 0 atom stereocenters. The van der Waals surface area contributed by atoms with E-state index in [0.717, 1.165) is 34.4 Å². The quantitative estimate of drug-likeness (QED) is 0.472. The molecule has 0 aliphatic heterocycles. The fourth-order valence-corrected chi connectivity index (χ4v) is 4.08. The Balaban J connectivity index is 2.20. The van der Waals surface area contributed by atoms with E-state index in [1.54, 1.807) is 11.8 Å². The molecule has 0 radical (unpaired) electrons. The summed E-state index contributed by atoms with van der Waals surface area (Å²) in [5.74, 6) is 1.96. The Morgan fingerprint density at radius 3 is 2.67 bits per heavy atom. The van der Waals surface area contributed by atoms with Gasteiger partial charge in [0.25, 0.3) is 0 Å². The topological polar surface area (TPSA) is 53.1 Å². The second kappa shape index (κ2) is 7.74. The normalized spacial score (nSPS) is 15.9. The minimum atomic E-state index is 0.178. The van der Waals surface area contributed by atoms with Crippen LogP contribution in [0.25, 0.3) is 0 Å². The van der Waals surface area contributed by atoms with Crippen LogP contribution in [0.5, 0.6) is 0 Å². The molecule has 1 aliphatic carbocycles. The number of nitrogens with two attached hydrogens (primary N) is 1. The summed E-state index contributed by atoms with van der Waals surface area (Å²) in [6.45, 7) is 3.20. The molecule has 0 amide bonds. The third-order valence-electron chi connectivity index (χ3n) is 4.24. The fraction of sp³-hybridized carbons (Fsp3) is 0.588. The number of nitrogen functional groups attached to an aromatic ring is 1. The van der Waals surface area contributed by atoms with Crippen LogP contribution in [0.2, 0.25) is 0 Å². The average molecular weight is 305 g/mol. The molecule has 1 fully saturated rings. The first-order valence-electron chi connectivity index (χ1n) is 7.94. The number of nitrogens with zero attached hydrogens (tertiary/aromatic N) is 1. The standard InChI is InChI=1S/C17H27N3S/c1-3-21-15-11-7-10-14(16(15)17(18)19)20(2)12-13-8-5-4-6-9-13/h7,10-11,13H,3-6,8-9,12H2,1-2H3,(H3,18,19). The van der Waals surface area contributed by atoms with Crippen LogP contribution in [0, 0.1) is 11.3 Å². The van der Waals surface area contributed by atoms with Crippen molar-refractivity contribution >= 4 is 23.3 Å². The van der Waals surface area contributed by atoms with Crippen molar-refractivity contribution in [1.29, 1.82) is 5.41 Å². The van der Waals surface area contributed by atoms with E-state index in [1.165, 1.54) is 32.1 Å². The maximum atomic E-state index is 7.95. The van der Waals surface area contributed by atoms with Gasteiger partial charge in [-0.05, 0) is 36.6 Å². The van der Waals surface area contributed by atoms with Crippen molar-refractivity contribution in [2.75, 3.05) is 24.2 Å². The number of anilines is 1. The monoisotopic (exact) mass is 305 g/mol. The molecule has 0 saturated heterocycles. The third-order valence-corrected chi connectivity index (χ3v) is 5.18. The zero-order valence-electron chi connectivity index (χ0n) is 13.2. The maximum Gasteiger partial charge on any atom is 0.126 e. The largest absolute Gasteiger partial charge is 0.384 e. The molecule has 0 unspecified atom stereocenters. The number of benzene rings is 1. The summed E-state index contributed by atoms with van der Waals surface area (Å²) in [6.07, 6.45) is 6.79. The van der Waals surface area contributed by atoms with Crippen LogP contribution in [-0.4, -0.2) is 25.2 Å². The number of nitrogens with one attached hydrogen (secondary N) is 1. The lowest BCUT2D eigenvalue weighted by Gasteiger charge is -2.30. The molecular formula is C17H27N3S. The summed E-state index contributed by atoms with van der Waals surface area (Å²) in [6, 6.07) is 6.25. The molecule has 3 nitrogen and oxygen atoms in total. The average Bonchev–Trinajstić information content (AvgIpc) is 2.48. The van der Waals surface area contributed by atoms with Crippen molar-refractivity contribution in [2.45, 2.75) is 43.9 Å². The zero-order chi connectivity index (χ0) is 15.2. The van der Waals surface area contributed by atoms with Gasteiger partial charge in [-0.1, -0.05) is 32.3 Å². The van der Waals surface area contributed by atoms with Crippen LogP contribution >= 0.6 is 11.8 Å². The van der Waals surface area contributed by atoms with E-state index in [9.17, 15) is 0 Å². The summed E-state index contributed by atoms with van der Waals surface area (Å²) in [4.78, 5) is 3.42. The molecule has 3 N–H and O–H groups in total. The van der Waals surface area contributed by atoms with Crippen molar-refractivity contribution < 1.29 is 0 Å². The Morgan fingerprint density at radius 2 is 2.05 bits per heavy atom. The molecule has 0 bridgehead atoms. The van der Waals surface area contributed by atoms with Gasteiger partial charge in [0.15, 0.2) is 0 Å². The third kappa shape index (κ3) is 4.16. The molecule has 0 heterocycles. The zero-order valence-corrected chi connectivity index (χ0v) is 14.0. The molecule has 1 aromatic rings. The second-order valence-corrected chi connectivity index (χ2v) is 7.19. The smallest absolute Gasteiger partial charge is 0.126 e. The molecule has 1 aromatic carbocycles. The van der Waals surface area contributed by atoms with Crippen molar-refractivity contribution in [3.63, 3.8) is 0 Å². The lowest BCUT2D eigenvalue weighted by atomic mass is 9.89. The molecule has 116 valence electrons. The van der Waals surface area contributed by atoms with E-state index in [1.807, 2.05) is 0 Å². The predicted molar refractivity (Wildman–Crippen MR) is 93.7 cm³/mol. The van der Waals surface area contributed by atoms with E-state index >= 15 is 0 Å². The van der Waals surface area contributed by atoms with Gasteiger partial charge < -0.3 is 10.6 Å². The van der Waals surface area contributed by atoms with Gasteiger partial charge in [0.1, 0.15) is 5.84 Å². The van der Waals surface area contributed by atoms with Crippen LogP contribution < -0.4 is 10.6 Å². The number of thioether (sulfide) groups is 1. The first kappa shape index (κ1) is 16.2. The van der Waals surface area contributed by atoms with Gasteiger partial charge in [0, 0.05) is 24.2 Å². The van der Waals surface area contributed by atoms with E-state index in [4.69, 9.17) is 11.1 Å². The minimum absolute atomic E-state index is 0.178.